The molecule has 0 bridgehead atoms. The fourth-order valence-corrected chi connectivity index (χ4v) is 12.0. The van der Waals surface area contributed by atoms with E-state index in [2.05, 4.69) is 222 Å². The third kappa shape index (κ3) is 5.12. The maximum atomic E-state index is 6.84. The summed E-state index contributed by atoms with van der Waals surface area (Å²) < 4.78 is 9.16. The number of fused-ring (bicyclic) bond motifs is 13. The normalized spacial score (nSPS) is 15.2. The van der Waals surface area contributed by atoms with E-state index in [-0.39, 0.29) is 13.4 Å². The zero-order valence-electron chi connectivity index (χ0n) is 35.4. The third-order valence-electron chi connectivity index (χ3n) is 14.6. The lowest BCUT2D eigenvalue weighted by Gasteiger charge is -2.50. The van der Waals surface area contributed by atoms with Gasteiger partial charge in [-0.2, -0.15) is 0 Å². The predicted octanol–water partition coefficient (Wildman–Crippen LogP) is 9.66. The Labute approximate surface area is 378 Å². The molecule has 9 aromatic carbocycles. The Morgan fingerprint density at radius 2 is 1.00 bits per heavy atom. The Kier molecular flexibility index (Phi) is 7.79. The zero-order chi connectivity index (χ0) is 42.6. The molecule has 5 heteroatoms. The van der Waals surface area contributed by atoms with Gasteiger partial charge in [0.2, 0.25) is 6.71 Å². The average Bonchev–Trinajstić information content (AvgIpc) is 3.71. The molecule has 0 saturated carbocycles. The van der Waals surface area contributed by atoms with E-state index < -0.39 is 5.41 Å². The van der Waals surface area contributed by atoms with Crippen LogP contribution in [0.25, 0.3) is 49.7 Å². The van der Waals surface area contributed by atoms with Crippen LogP contribution in [0.2, 0.25) is 0 Å². The number of ether oxygens (including phenoxy) is 1. The average molecular weight is 825 g/mol. The summed E-state index contributed by atoms with van der Waals surface area (Å²) in [6.45, 7) is 0.113. The molecule has 1 atom stereocenters. The first kappa shape index (κ1) is 36.4. The van der Waals surface area contributed by atoms with Gasteiger partial charge in [-0.25, -0.2) is 0 Å². The summed E-state index contributed by atoms with van der Waals surface area (Å²) in [6.07, 6.45) is 3.77. The van der Waals surface area contributed by atoms with Crippen LogP contribution in [0, 0.1) is 0 Å². The van der Waals surface area contributed by atoms with Crippen molar-refractivity contribution >= 4 is 68.0 Å². The first-order valence-electron chi connectivity index (χ1n) is 22.6. The fraction of sp³-hybridized carbons (Fsp3) is 0.0167. The number of aromatic nitrogens is 2. The quantitative estimate of drug-likeness (QED) is 0.166. The van der Waals surface area contributed by atoms with Crippen molar-refractivity contribution in [2.24, 2.45) is 0 Å². The van der Waals surface area contributed by atoms with E-state index in [0.29, 0.717) is 0 Å². The van der Waals surface area contributed by atoms with E-state index in [0.717, 1.165) is 17.2 Å². The molecule has 300 valence electrons. The van der Waals surface area contributed by atoms with Gasteiger partial charge in [-0.3, -0.25) is 4.98 Å². The predicted molar refractivity (Wildman–Crippen MR) is 270 cm³/mol. The Hall–Kier alpha value is -8.14. The monoisotopic (exact) mass is 824 g/mol. The molecule has 11 aromatic rings. The molecule has 2 aromatic heterocycles. The van der Waals surface area contributed by atoms with E-state index in [1.54, 1.807) is 0 Å². The van der Waals surface area contributed by atoms with Crippen molar-refractivity contribution in [1.29, 1.82) is 0 Å². The lowest BCUT2D eigenvalue weighted by atomic mass is 9.26. The van der Waals surface area contributed by atoms with Crippen molar-refractivity contribution in [3.8, 4) is 39.4 Å². The molecule has 1 unspecified atom stereocenters. The number of hydrogen-bond acceptors (Lipinski definition) is 2. The van der Waals surface area contributed by atoms with Crippen molar-refractivity contribution in [1.82, 2.24) is 9.55 Å². The molecule has 1 spiro atoms. The van der Waals surface area contributed by atoms with Gasteiger partial charge in [0, 0.05) is 17.0 Å². The maximum Gasteiger partial charge on any atom is 0.251 e. The van der Waals surface area contributed by atoms with Crippen molar-refractivity contribution in [3.05, 3.63) is 253 Å². The van der Waals surface area contributed by atoms with Crippen molar-refractivity contribution in [3.63, 3.8) is 0 Å². The highest BCUT2D eigenvalue weighted by Gasteiger charge is 2.55. The second-order valence-electron chi connectivity index (χ2n) is 17.7. The van der Waals surface area contributed by atoms with Crippen LogP contribution in [0.4, 0.5) is 0 Å². The lowest BCUT2D eigenvalue weighted by Crippen LogP contribution is -2.68. The van der Waals surface area contributed by atoms with Gasteiger partial charge in [0.1, 0.15) is 11.5 Å². The summed E-state index contributed by atoms with van der Waals surface area (Å²) >= 11 is 0. The van der Waals surface area contributed by atoms with E-state index in [4.69, 9.17) is 4.74 Å². The number of pyridine rings is 1. The number of hydrogen-bond donors (Lipinski definition) is 0. The van der Waals surface area contributed by atoms with Gasteiger partial charge >= 0.3 is 0 Å². The number of benzene rings is 9. The molecule has 3 aliphatic heterocycles. The minimum absolute atomic E-state index is 0.0530. The molecule has 0 N–H and O–H groups in total. The molecule has 0 fully saturated rings. The third-order valence-corrected chi connectivity index (χ3v) is 14.6. The van der Waals surface area contributed by atoms with Crippen LogP contribution in [0.15, 0.2) is 231 Å². The van der Waals surface area contributed by atoms with Crippen molar-refractivity contribution < 1.29 is 4.74 Å². The first-order chi connectivity index (χ1) is 32.3. The molecule has 3 nitrogen and oxygen atoms in total. The van der Waals surface area contributed by atoms with Crippen LogP contribution in [0.5, 0.6) is 11.5 Å². The smallest absolute Gasteiger partial charge is 0.251 e. The van der Waals surface area contributed by atoms with Crippen molar-refractivity contribution in [2.75, 3.05) is 0 Å². The van der Waals surface area contributed by atoms with Gasteiger partial charge in [0.15, 0.2) is 0 Å². The minimum atomic E-state index is -0.606. The SMILES string of the molecule is c1ccc(B2c3ccccc3C3(c4cc(-c5ccc(-c6ccc7c(c6)c6ccccc6n7-c6cccnc6)cc5)ccc42)c2ccccc2B2c4ccccc4Oc4cccc3c42)cc1. The summed E-state index contributed by atoms with van der Waals surface area (Å²) in [7, 11) is 0. The van der Waals surface area contributed by atoms with Gasteiger partial charge in [-0.1, -0.05) is 198 Å². The van der Waals surface area contributed by atoms with E-state index in [1.807, 2.05) is 18.5 Å². The molecular weight excluding hydrogens is 786 g/mol. The van der Waals surface area contributed by atoms with Gasteiger partial charge in [0.05, 0.1) is 28.3 Å². The Bertz CT molecular complexity index is 3700. The second-order valence-corrected chi connectivity index (χ2v) is 17.7. The van der Waals surface area contributed by atoms with Crippen LogP contribution >= 0.6 is 0 Å². The molecule has 0 radical (unpaired) electrons. The Morgan fingerprint density at radius 3 is 1.78 bits per heavy atom. The van der Waals surface area contributed by atoms with Crippen molar-refractivity contribution in [2.45, 2.75) is 5.41 Å². The zero-order valence-corrected chi connectivity index (χ0v) is 35.4. The summed E-state index contributed by atoms with van der Waals surface area (Å²) in [4.78, 5) is 4.44. The highest BCUT2D eigenvalue weighted by atomic mass is 16.5. The highest BCUT2D eigenvalue weighted by molar-refractivity contribution is 6.99. The largest absolute Gasteiger partial charge is 0.458 e. The number of para-hydroxylation sites is 2. The standard InChI is InChI=1S/C60H38B2N2O/c1-2-14-43(15-3-1)61-51-21-7-5-18-47(51)60(48-19-6-8-22-52(48)62-54-23-9-11-25-57(54)65-58-26-12-20-49(60)59(58)62)50-37-42(31-33-53(50)61)40-29-27-39(28-30-40)41-32-34-56-46(36-41)45-17-4-10-24-55(45)64(56)44-16-13-35-63-38-44/h1-38H. The van der Waals surface area contributed by atoms with Crippen LogP contribution in [-0.4, -0.2) is 23.0 Å². The van der Waals surface area contributed by atoms with Crippen LogP contribution in [0.1, 0.15) is 22.3 Å². The fourth-order valence-electron chi connectivity index (χ4n) is 12.0. The van der Waals surface area contributed by atoms with E-state index in [9.17, 15) is 0 Å². The molecule has 14 rings (SSSR count). The molecule has 3 aliphatic rings. The lowest BCUT2D eigenvalue weighted by molar-refractivity contribution is 0.486. The second kappa shape index (κ2) is 13.9. The molecule has 0 aliphatic carbocycles. The summed E-state index contributed by atoms with van der Waals surface area (Å²) in [5.74, 6) is 1.87. The summed E-state index contributed by atoms with van der Waals surface area (Å²) in [5.41, 5.74) is 20.6. The number of nitrogens with zero attached hydrogens (tertiary/aromatic N) is 2. The molecule has 5 heterocycles. The molecule has 0 saturated heterocycles. The highest BCUT2D eigenvalue weighted by Crippen LogP contribution is 2.49. The van der Waals surface area contributed by atoms with E-state index >= 15 is 0 Å². The Morgan fingerprint density at radius 1 is 0.400 bits per heavy atom. The molecule has 65 heavy (non-hydrogen) atoms. The summed E-state index contributed by atoms with van der Waals surface area (Å²) in [5, 5.41) is 2.46. The van der Waals surface area contributed by atoms with Crippen LogP contribution in [-0.2, 0) is 5.41 Å². The van der Waals surface area contributed by atoms with Gasteiger partial charge in [-0.05, 0) is 97.9 Å². The topological polar surface area (TPSA) is 27.1 Å². The molecular formula is C60H38B2N2O. The van der Waals surface area contributed by atoms with Gasteiger partial charge < -0.3 is 9.30 Å². The van der Waals surface area contributed by atoms with Crippen LogP contribution in [0.3, 0.4) is 0 Å². The van der Waals surface area contributed by atoms with E-state index in [1.165, 1.54) is 99.1 Å². The summed E-state index contributed by atoms with van der Waals surface area (Å²) in [6, 6.07) is 81.0. The maximum absolute atomic E-state index is 6.84. The van der Waals surface area contributed by atoms with Gasteiger partial charge in [0.25, 0.3) is 6.71 Å². The van der Waals surface area contributed by atoms with Crippen LogP contribution < -0.4 is 37.5 Å². The molecule has 0 amide bonds. The first-order valence-corrected chi connectivity index (χ1v) is 22.6. The number of rotatable bonds is 4. The Balaban J connectivity index is 0.967. The van der Waals surface area contributed by atoms with Gasteiger partial charge in [-0.15, -0.1) is 0 Å². The minimum Gasteiger partial charge on any atom is -0.458 e.